The molecule has 0 heterocycles. The summed E-state index contributed by atoms with van der Waals surface area (Å²) in [4.78, 5) is 10.5. The molecule has 0 amide bonds. The van der Waals surface area contributed by atoms with Crippen molar-refractivity contribution in [3.05, 3.63) is 72.8 Å². The van der Waals surface area contributed by atoms with Gasteiger partial charge in [0.1, 0.15) is 0 Å². The Hall–Kier alpha value is -2.17. The fraction of sp³-hybridized carbons (Fsp3) is 0.583. The van der Waals surface area contributed by atoms with Crippen molar-refractivity contribution in [2.24, 2.45) is 0 Å². The zero-order valence-electron chi connectivity index (χ0n) is 25.9. The summed E-state index contributed by atoms with van der Waals surface area (Å²) in [5.74, 6) is -0.666. The number of benzene rings is 2. The van der Waals surface area contributed by atoms with Crippen LogP contribution in [0.25, 0.3) is 0 Å². The number of carboxylic acids is 1. The number of allylic oxidation sites excluding steroid dienone is 2. The molecule has 2 aromatic rings. The van der Waals surface area contributed by atoms with Crippen LogP contribution in [0.15, 0.2) is 72.8 Å². The van der Waals surface area contributed by atoms with Crippen molar-refractivity contribution >= 4 is 24.7 Å². The van der Waals surface area contributed by atoms with E-state index in [0.717, 1.165) is 32.1 Å². The van der Waals surface area contributed by atoms with Crippen molar-refractivity contribution in [2.75, 3.05) is 0 Å². The Balaban J connectivity index is 1.66. The highest BCUT2D eigenvalue weighted by Crippen LogP contribution is 2.37. The lowest BCUT2D eigenvalue weighted by Gasteiger charge is -2.44. The minimum atomic E-state index is -2.46. The van der Waals surface area contributed by atoms with Crippen LogP contribution in [0.2, 0.25) is 5.04 Å². The van der Waals surface area contributed by atoms with Gasteiger partial charge in [0.15, 0.2) is 0 Å². The maximum atomic E-state index is 10.5. The van der Waals surface area contributed by atoms with Gasteiger partial charge >= 0.3 is 5.97 Å². The molecule has 0 spiro atoms. The van der Waals surface area contributed by atoms with E-state index in [1.165, 1.54) is 68.2 Å². The van der Waals surface area contributed by atoms with Gasteiger partial charge < -0.3 is 9.53 Å². The number of unbranched alkanes of at least 4 members (excludes halogenated alkanes) is 11. The highest BCUT2D eigenvalue weighted by Gasteiger charge is 2.50. The average Bonchev–Trinajstić information content (AvgIpc) is 2.93. The van der Waals surface area contributed by atoms with E-state index in [4.69, 9.17) is 9.53 Å². The van der Waals surface area contributed by atoms with E-state index >= 15 is 0 Å². The van der Waals surface area contributed by atoms with Gasteiger partial charge in [-0.2, -0.15) is 0 Å². The molecule has 0 aliphatic rings. The number of carboxylic acid groups (broad SMARTS) is 1. The SMILES string of the molecule is CC(CCC/C=C\CCCCCCCCCCCCC(=O)O)O[Si](c1ccccc1)(c1ccccc1)C(C)(C)C. The standard InChI is InChI=1S/C36H56O3Si/c1-32(26-20-16-14-12-10-8-6-5-7-9-11-13-15-17-25-31-35(37)38)39-40(36(2,3)4,33-27-21-18-22-28-33)34-29-23-19-24-30-34/h12,14,18-19,21-24,27-30,32H,5-11,13,15-17,20,25-26,31H2,1-4H3,(H,37,38)/b14-12-. The molecule has 3 nitrogen and oxygen atoms in total. The molecule has 0 radical (unpaired) electrons. The van der Waals surface area contributed by atoms with Crippen molar-refractivity contribution in [2.45, 2.75) is 135 Å². The zero-order valence-corrected chi connectivity index (χ0v) is 26.9. The summed E-state index contributed by atoms with van der Waals surface area (Å²) < 4.78 is 7.20. The molecule has 2 rings (SSSR count). The first kappa shape index (κ1) is 34.0. The van der Waals surface area contributed by atoms with Crippen LogP contribution in [-0.4, -0.2) is 25.5 Å². The van der Waals surface area contributed by atoms with E-state index in [2.05, 4.69) is 101 Å². The smallest absolute Gasteiger partial charge is 0.303 e. The summed E-state index contributed by atoms with van der Waals surface area (Å²) >= 11 is 0. The number of rotatable bonds is 21. The molecular weight excluding hydrogens is 508 g/mol. The van der Waals surface area contributed by atoms with Crippen LogP contribution in [0.3, 0.4) is 0 Å². The first-order chi connectivity index (χ1) is 19.3. The van der Waals surface area contributed by atoms with Crippen LogP contribution in [0.4, 0.5) is 0 Å². The monoisotopic (exact) mass is 564 g/mol. The van der Waals surface area contributed by atoms with E-state index in [1.807, 2.05) is 0 Å². The second-order valence-corrected chi connectivity index (χ2v) is 16.7. The van der Waals surface area contributed by atoms with E-state index in [9.17, 15) is 4.79 Å². The molecule has 1 atom stereocenters. The maximum Gasteiger partial charge on any atom is 0.303 e. The van der Waals surface area contributed by atoms with Gasteiger partial charge in [-0.05, 0) is 60.9 Å². The summed E-state index contributed by atoms with van der Waals surface area (Å²) in [6, 6.07) is 21.9. The Morgan fingerprint density at radius 2 is 1.15 bits per heavy atom. The molecular formula is C36H56O3Si. The van der Waals surface area contributed by atoms with Crippen LogP contribution in [0, 0.1) is 0 Å². The van der Waals surface area contributed by atoms with Crippen molar-refractivity contribution < 1.29 is 14.3 Å². The summed E-state index contributed by atoms with van der Waals surface area (Å²) in [7, 11) is -2.46. The minimum absolute atomic E-state index is 0.0210. The summed E-state index contributed by atoms with van der Waals surface area (Å²) in [6.45, 7) is 9.31. The second kappa shape index (κ2) is 19.0. The average molecular weight is 565 g/mol. The first-order valence-corrected chi connectivity index (χ1v) is 17.8. The number of aliphatic carboxylic acids is 1. The molecule has 0 bridgehead atoms. The molecule has 1 N–H and O–H groups in total. The van der Waals surface area contributed by atoms with Gasteiger partial charge in [-0.1, -0.05) is 145 Å². The molecule has 2 aromatic carbocycles. The summed E-state index contributed by atoms with van der Waals surface area (Å²) in [5, 5.41) is 11.4. The molecule has 1 unspecified atom stereocenters. The largest absolute Gasteiger partial charge is 0.481 e. The number of carbonyl (C=O) groups is 1. The van der Waals surface area contributed by atoms with Gasteiger partial charge in [-0.3, -0.25) is 4.79 Å². The van der Waals surface area contributed by atoms with Crippen LogP contribution < -0.4 is 10.4 Å². The van der Waals surface area contributed by atoms with Crippen LogP contribution in [0.5, 0.6) is 0 Å². The third kappa shape index (κ3) is 12.1. The maximum absolute atomic E-state index is 10.5. The molecule has 40 heavy (non-hydrogen) atoms. The normalized spacial score (nSPS) is 13.1. The van der Waals surface area contributed by atoms with Crippen molar-refractivity contribution in [1.82, 2.24) is 0 Å². The summed E-state index contributed by atoms with van der Waals surface area (Å²) in [5.41, 5.74) is 0. The molecule has 222 valence electrons. The topological polar surface area (TPSA) is 46.5 Å². The van der Waals surface area contributed by atoms with Crippen LogP contribution >= 0.6 is 0 Å². The van der Waals surface area contributed by atoms with Gasteiger partial charge in [0.2, 0.25) is 0 Å². The number of hydrogen-bond acceptors (Lipinski definition) is 2. The Morgan fingerprint density at radius 1 is 0.725 bits per heavy atom. The van der Waals surface area contributed by atoms with Gasteiger partial charge in [0, 0.05) is 12.5 Å². The molecule has 0 saturated carbocycles. The molecule has 4 heteroatoms. The quantitative estimate of drug-likeness (QED) is 0.0933. The highest BCUT2D eigenvalue weighted by molar-refractivity contribution is 6.99. The zero-order chi connectivity index (χ0) is 29.1. The van der Waals surface area contributed by atoms with E-state index in [1.54, 1.807) is 0 Å². The van der Waals surface area contributed by atoms with Gasteiger partial charge in [0.05, 0.1) is 0 Å². The molecule has 0 saturated heterocycles. The van der Waals surface area contributed by atoms with E-state index in [0.29, 0.717) is 6.42 Å². The lowest BCUT2D eigenvalue weighted by Crippen LogP contribution is -2.67. The third-order valence-corrected chi connectivity index (χ3v) is 13.1. The van der Waals surface area contributed by atoms with E-state index in [-0.39, 0.29) is 11.1 Å². The van der Waals surface area contributed by atoms with Crippen LogP contribution in [-0.2, 0) is 9.22 Å². The third-order valence-electron chi connectivity index (χ3n) is 7.95. The van der Waals surface area contributed by atoms with Crippen molar-refractivity contribution in [1.29, 1.82) is 0 Å². The van der Waals surface area contributed by atoms with Crippen molar-refractivity contribution in [3.63, 3.8) is 0 Å². The fourth-order valence-electron chi connectivity index (χ4n) is 5.76. The predicted molar refractivity (Wildman–Crippen MR) is 174 cm³/mol. The minimum Gasteiger partial charge on any atom is -0.481 e. The molecule has 0 fully saturated rings. The number of hydrogen-bond donors (Lipinski definition) is 1. The predicted octanol–water partition coefficient (Wildman–Crippen LogP) is 9.44. The Labute approximate surface area is 246 Å². The summed E-state index contributed by atoms with van der Waals surface area (Å²) in [6.07, 6.45) is 22.1. The van der Waals surface area contributed by atoms with E-state index < -0.39 is 14.3 Å². The second-order valence-electron chi connectivity index (χ2n) is 12.5. The molecule has 0 aliphatic carbocycles. The Kier molecular flexibility index (Phi) is 16.2. The van der Waals surface area contributed by atoms with Gasteiger partial charge in [0.25, 0.3) is 8.32 Å². The highest BCUT2D eigenvalue weighted by atomic mass is 28.4. The first-order valence-electron chi connectivity index (χ1n) is 15.9. The van der Waals surface area contributed by atoms with Gasteiger partial charge in [-0.15, -0.1) is 0 Å². The van der Waals surface area contributed by atoms with Crippen LogP contribution in [0.1, 0.15) is 124 Å². The Morgan fingerprint density at radius 3 is 1.60 bits per heavy atom. The fourth-order valence-corrected chi connectivity index (χ4v) is 10.5. The lowest BCUT2D eigenvalue weighted by molar-refractivity contribution is -0.137. The van der Waals surface area contributed by atoms with Crippen molar-refractivity contribution in [3.8, 4) is 0 Å². The molecule has 0 aromatic heterocycles. The molecule has 0 aliphatic heterocycles. The Bertz CT molecular complexity index is 910. The lowest BCUT2D eigenvalue weighted by atomic mass is 10.0. The van der Waals surface area contributed by atoms with Gasteiger partial charge in [-0.25, -0.2) is 0 Å².